The Kier molecular flexibility index (Phi) is 6.65. The minimum atomic E-state index is -0.571. The van der Waals surface area contributed by atoms with Crippen molar-refractivity contribution < 1.29 is 4.74 Å². The van der Waals surface area contributed by atoms with Crippen LogP contribution in [-0.2, 0) is 11.3 Å². The van der Waals surface area contributed by atoms with Gasteiger partial charge in [0.1, 0.15) is 12.1 Å². The van der Waals surface area contributed by atoms with Gasteiger partial charge in [-0.3, -0.25) is 9.78 Å². The highest BCUT2D eigenvalue weighted by Crippen LogP contribution is 2.34. The summed E-state index contributed by atoms with van der Waals surface area (Å²) in [4.78, 5) is 33.3. The Morgan fingerprint density at radius 3 is 2.46 bits per heavy atom. The first kappa shape index (κ1) is 24.9. The summed E-state index contributed by atoms with van der Waals surface area (Å²) >= 11 is 0. The second kappa shape index (κ2) is 10.4. The van der Waals surface area contributed by atoms with Gasteiger partial charge in [-0.1, -0.05) is 67.8 Å². The smallest absolute Gasteiger partial charge is 0.332 e. The van der Waals surface area contributed by atoms with Crippen LogP contribution >= 0.6 is 0 Å². The third-order valence-electron chi connectivity index (χ3n) is 7.67. The number of aromatic nitrogens is 8. The SMILES string of the molecule is COC(C)n1c(=O)[nH]c(=O)c2c1nc(C1CCCCC1)n2Cc1ccc(-c2ccccc2-c2nnn[nH]2)cc1. The molecule has 11 heteroatoms. The normalized spacial score (nSPS) is 15.1. The number of H-pyrrole nitrogens is 2. The number of nitrogens with zero attached hydrogens (tertiary/aromatic N) is 6. The Balaban J connectivity index is 1.43. The van der Waals surface area contributed by atoms with Crippen molar-refractivity contribution in [2.75, 3.05) is 7.11 Å². The summed E-state index contributed by atoms with van der Waals surface area (Å²) in [5.74, 6) is 1.69. The van der Waals surface area contributed by atoms with E-state index >= 15 is 0 Å². The van der Waals surface area contributed by atoms with Crippen LogP contribution in [-0.4, -0.2) is 46.8 Å². The fourth-order valence-corrected chi connectivity index (χ4v) is 5.62. The zero-order chi connectivity index (χ0) is 26.9. The summed E-state index contributed by atoms with van der Waals surface area (Å²) in [6.45, 7) is 2.23. The van der Waals surface area contributed by atoms with Crippen LogP contribution in [0.3, 0.4) is 0 Å². The van der Waals surface area contributed by atoms with Gasteiger partial charge < -0.3 is 9.30 Å². The van der Waals surface area contributed by atoms with Crippen molar-refractivity contribution in [2.24, 2.45) is 0 Å². The van der Waals surface area contributed by atoms with E-state index in [-0.39, 0.29) is 5.92 Å². The van der Waals surface area contributed by atoms with Crippen LogP contribution in [0.15, 0.2) is 58.1 Å². The molecule has 1 fully saturated rings. The molecule has 0 saturated heterocycles. The molecule has 3 aromatic heterocycles. The number of rotatable bonds is 7. The van der Waals surface area contributed by atoms with Gasteiger partial charge in [0.2, 0.25) is 0 Å². The van der Waals surface area contributed by atoms with Gasteiger partial charge in [0.05, 0.1) is 0 Å². The van der Waals surface area contributed by atoms with Crippen LogP contribution in [0.2, 0.25) is 0 Å². The fraction of sp³-hybridized carbons (Fsp3) is 0.357. The van der Waals surface area contributed by atoms with Crippen molar-refractivity contribution >= 4 is 11.2 Å². The highest BCUT2D eigenvalue weighted by Gasteiger charge is 2.27. The molecule has 0 amide bonds. The molecule has 6 rings (SSSR count). The lowest BCUT2D eigenvalue weighted by Crippen LogP contribution is -2.33. The van der Waals surface area contributed by atoms with E-state index in [0.29, 0.717) is 23.5 Å². The van der Waals surface area contributed by atoms with E-state index in [4.69, 9.17) is 9.72 Å². The molecule has 3 heterocycles. The predicted octanol–water partition coefficient (Wildman–Crippen LogP) is 3.99. The molecule has 0 bridgehead atoms. The molecule has 1 atom stereocenters. The number of ether oxygens (including phenoxy) is 1. The summed E-state index contributed by atoms with van der Waals surface area (Å²) < 4.78 is 8.87. The van der Waals surface area contributed by atoms with E-state index in [1.165, 1.54) is 18.1 Å². The average molecular weight is 527 g/mol. The van der Waals surface area contributed by atoms with Gasteiger partial charge in [-0.25, -0.2) is 19.4 Å². The fourth-order valence-electron chi connectivity index (χ4n) is 5.62. The Labute approximate surface area is 223 Å². The maximum Gasteiger partial charge on any atom is 0.332 e. The molecule has 1 aliphatic carbocycles. The van der Waals surface area contributed by atoms with Crippen molar-refractivity contribution in [2.45, 2.75) is 57.7 Å². The maximum atomic E-state index is 13.2. The quantitative estimate of drug-likeness (QED) is 0.327. The van der Waals surface area contributed by atoms with E-state index in [2.05, 4.69) is 49.9 Å². The molecular formula is C28H30N8O3. The van der Waals surface area contributed by atoms with Crippen molar-refractivity contribution in [3.8, 4) is 22.5 Å². The number of hydrogen-bond donors (Lipinski definition) is 2. The number of imidazole rings is 1. The number of benzene rings is 2. The topological polar surface area (TPSA) is 136 Å². The molecule has 2 N–H and O–H groups in total. The molecule has 5 aromatic rings. The van der Waals surface area contributed by atoms with E-state index in [1.54, 1.807) is 6.92 Å². The van der Waals surface area contributed by atoms with E-state index in [1.807, 2.05) is 28.8 Å². The minimum Gasteiger partial charge on any atom is -0.361 e. The van der Waals surface area contributed by atoms with Crippen LogP contribution in [0, 0.1) is 0 Å². The second-order valence-electron chi connectivity index (χ2n) is 10.0. The van der Waals surface area contributed by atoms with E-state index < -0.39 is 17.5 Å². The summed E-state index contributed by atoms with van der Waals surface area (Å²) in [5, 5.41) is 14.3. The number of methoxy groups -OCH3 is 1. The lowest BCUT2D eigenvalue weighted by atomic mass is 9.88. The van der Waals surface area contributed by atoms with Gasteiger partial charge in [-0.2, -0.15) is 0 Å². The summed E-state index contributed by atoms with van der Waals surface area (Å²) in [6.07, 6.45) is 4.91. The molecule has 0 spiro atoms. The third kappa shape index (κ3) is 4.59. The van der Waals surface area contributed by atoms with Crippen LogP contribution in [0.25, 0.3) is 33.7 Å². The van der Waals surface area contributed by atoms with Gasteiger partial charge in [0.25, 0.3) is 5.56 Å². The highest BCUT2D eigenvalue weighted by molar-refractivity contribution is 5.80. The summed E-state index contributed by atoms with van der Waals surface area (Å²) in [6, 6.07) is 16.2. The van der Waals surface area contributed by atoms with Crippen molar-refractivity contribution in [3.63, 3.8) is 0 Å². The average Bonchev–Trinajstić information content (AvgIpc) is 3.63. The Hall–Kier alpha value is -4.38. The van der Waals surface area contributed by atoms with Crippen LogP contribution in [0.1, 0.15) is 62.6 Å². The molecule has 0 radical (unpaired) electrons. The van der Waals surface area contributed by atoms with Gasteiger partial charge in [0, 0.05) is 25.1 Å². The lowest BCUT2D eigenvalue weighted by Gasteiger charge is -2.22. The zero-order valence-corrected chi connectivity index (χ0v) is 21.9. The number of hydrogen-bond acceptors (Lipinski definition) is 7. The number of aromatic amines is 2. The van der Waals surface area contributed by atoms with Crippen molar-refractivity contribution in [1.82, 2.24) is 39.7 Å². The van der Waals surface area contributed by atoms with Gasteiger partial charge in [0.15, 0.2) is 17.0 Å². The van der Waals surface area contributed by atoms with Gasteiger partial charge in [-0.05, 0) is 46.9 Å². The molecule has 11 nitrogen and oxygen atoms in total. The van der Waals surface area contributed by atoms with Gasteiger partial charge in [-0.15, -0.1) is 5.10 Å². The first-order valence-electron chi connectivity index (χ1n) is 13.3. The van der Waals surface area contributed by atoms with Gasteiger partial charge >= 0.3 is 5.69 Å². The number of fused-ring (bicyclic) bond motifs is 1. The lowest BCUT2D eigenvalue weighted by molar-refractivity contribution is 0.0597. The van der Waals surface area contributed by atoms with E-state index in [9.17, 15) is 9.59 Å². The van der Waals surface area contributed by atoms with Crippen LogP contribution in [0.4, 0.5) is 0 Å². The third-order valence-corrected chi connectivity index (χ3v) is 7.67. The molecular weight excluding hydrogens is 496 g/mol. The van der Waals surface area contributed by atoms with Crippen LogP contribution < -0.4 is 11.2 Å². The minimum absolute atomic E-state index is 0.230. The molecule has 2 aromatic carbocycles. The Morgan fingerprint density at radius 2 is 1.77 bits per heavy atom. The summed E-state index contributed by atoms with van der Waals surface area (Å²) in [7, 11) is 1.53. The monoisotopic (exact) mass is 526 g/mol. The molecule has 1 saturated carbocycles. The molecule has 39 heavy (non-hydrogen) atoms. The van der Waals surface area contributed by atoms with Crippen molar-refractivity contribution in [1.29, 1.82) is 0 Å². The maximum absolute atomic E-state index is 13.2. The second-order valence-corrected chi connectivity index (χ2v) is 10.0. The molecule has 1 unspecified atom stereocenters. The highest BCUT2D eigenvalue weighted by atomic mass is 16.5. The van der Waals surface area contributed by atoms with Crippen LogP contribution in [0.5, 0.6) is 0 Å². The molecule has 200 valence electrons. The predicted molar refractivity (Wildman–Crippen MR) is 146 cm³/mol. The Morgan fingerprint density at radius 1 is 1.03 bits per heavy atom. The Bertz CT molecular complexity index is 1710. The first-order valence-corrected chi connectivity index (χ1v) is 13.3. The van der Waals surface area contributed by atoms with E-state index in [0.717, 1.165) is 53.8 Å². The molecule has 1 aliphatic rings. The largest absolute Gasteiger partial charge is 0.361 e. The first-order chi connectivity index (χ1) is 19.0. The number of nitrogens with one attached hydrogen (secondary N) is 2. The molecule has 0 aliphatic heterocycles. The number of tetrazole rings is 1. The standard InChI is InChI=1S/C28H30N8O3/c1-17(39-2)36-26-23(27(37)30-28(36)38)35(25(29-26)20-8-4-3-5-9-20)16-18-12-14-19(15-13-18)21-10-6-7-11-22(21)24-31-33-34-32-24/h6-7,10-15,17,20H,3-5,8-9,16H2,1-2H3,(H,30,37,38)(H,31,32,33,34). The summed E-state index contributed by atoms with van der Waals surface area (Å²) in [5.41, 5.74) is 3.76. The van der Waals surface area contributed by atoms with Crippen molar-refractivity contribution in [3.05, 3.63) is 80.8 Å². The zero-order valence-electron chi connectivity index (χ0n) is 21.9.